The Morgan fingerprint density at radius 3 is 2.75 bits per heavy atom. The number of pyridine rings is 1. The summed E-state index contributed by atoms with van der Waals surface area (Å²) in [6, 6.07) is 10.7. The van der Waals surface area contributed by atoms with Gasteiger partial charge in [-0.1, -0.05) is 25.5 Å². The molecule has 1 heterocycles. The number of rotatable bonds is 5. The van der Waals surface area contributed by atoms with Gasteiger partial charge in [0.1, 0.15) is 0 Å². The van der Waals surface area contributed by atoms with Crippen molar-refractivity contribution in [3.05, 3.63) is 53.9 Å². The quantitative estimate of drug-likeness (QED) is 0.627. The molecule has 0 aliphatic heterocycles. The second kappa shape index (κ2) is 8.25. The van der Waals surface area contributed by atoms with E-state index in [9.17, 15) is 0 Å². The van der Waals surface area contributed by atoms with Crippen LogP contribution in [0.5, 0.6) is 0 Å². The molecule has 1 N–H and O–H groups in total. The first kappa shape index (κ1) is 16.9. The van der Waals surface area contributed by atoms with Gasteiger partial charge in [-0.15, -0.1) is 0 Å². The third-order valence-electron chi connectivity index (χ3n) is 4.54. The van der Waals surface area contributed by atoms with E-state index in [1.165, 1.54) is 36.1 Å². The third-order valence-corrected chi connectivity index (χ3v) is 4.87. The fraction of sp³-hybridized carbons (Fsp3) is 0.400. The van der Waals surface area contributed by atoms with Crippen molar-refractivity contribution in [3.63, 3.8) is 0 Å². The molecule has 1 aromatic carbocycles. The number of unbranched alkanes of at least 4 members (excludes halogenated alkanes) is 1. The van der Waals surface area contributed by atoms with E-state index in [0.717, 1.165) is 36.6 Å². The SMILES string of the molecule is CCCCNC(=S)N(c1ccncc1)c1cccc2c1CCCC2. The molecule has 0 saturated heterocycles. The maximum absolute atomic E-state index is 5.75. The van der Waals surface area contributed by atoms with Crippen molar-refractivity contribution in [2.45, 2.75) is 45.4 Å². The number of hydrogen-bond acceptors (Lipinski definition) is 2. The Hall–Kier alpha value is -1.94. The van der Waals surface area contributed by atoms with Crippen LogP contribution in [0.1, 0.15) is 43.7 Å². The van der Waals surface area contributed by atoms with Gasteiger partial charge in [-0.25, -0.2) is 0 Å². The molecule has 24 heavy (non-hydrogen) atoms. The molecular formula is C20H25N3S. The number of benzene rings is 1. The van der Waals surface area contributed by atoms with Crippen LogP contribution in [0, 0.1) is 0 Å². The fourth-order valence-electron chi connectivity index (χ4n) is 3.28. The number of nitrogens with zero attached hydrogens (tertiary/aromatic N) is 2. The lowest BCUT2D eigenvalue weighted by Crippen LogP contribution is -2.37. The van der Waals surface area contributed by atoms with Gasteiger partial charge in [0.15, 0.2) is 5.11 Å². The molecule has 1 aliphatic rings. The third kappa shape index (κ3) is 3.75. The van der Waals surface area contributed by atoms with Crippen LogP contribution in [0.2, 0.25) is 0 Å². The van der Waals surface area contributed by atoms with Crippen molar-refractivity contribution in [1.29, 1.82) is 0 Å². The van der Waals surface area contributed by atoms with E-state index in [0.29, 0.717) is 0 Å². The minimum absolute atomic E-state index is 0.772. The number of anilines is 2. The molecule has 0 unspecified atom stereocenters. The summed E-state index contributed by atoms with van der Waals surface area (Å²) < 4.78 is 0. The Labute approximate surface area is 150 Å². The Balaban J connectivity index is 1.97. The van der Waals surface area contributed by atoms with Crippen molar-refractivity contribution in [1.82, 2.24) is 10.3 Å². The summed E-state index contributed by atoms with van der Waals surface area (Å²) in [5, 5.41) is 4.20. The lowest BCUT2D eigenvalue weighted by Gasteiger charge is -2.30. The van der Waals surface area contributed by atoms with Crippen LogP contribution in [0.4, 0.5) is 11.4 Å². The van der Waals surface area contributed by atoms with Gasteiger partial charge in [0.25, 0.3) is 0 Å². The van der Waals surface area contributed by atoms with Gasteiger partial charge in [-0.3, -0.25) is 9.88 Å². The number of nitrogens with one attached hydrogen (secondary N) is 1. The van der Waals surface area contributed by atoms with Crippen LogP contribution in [0.15, 0.2) is 42.7 Å². The van der Waals surface area contributed by atoms with Crippen LogP contribution in [-0.2, 0) is 12.8 Å². The number of aromatic nitrogens is 1. The lowest BCUT2D eigenvalue weighted by molar-refractivity contribution is 0.685. The van der Waals surface area contributed by atoms with Crippen LogP contribution >= 0.6 is 12.2 Å². The summed E-state index contributed by atoms with van der Waals surface area (Å²) in [6.45, 7) is 3.10. The normalized spacial score (nSPS) is 13.2. The van der Waals surface area contributed by atoms with E-state index < -0.39 is 0 Å². The van der Waals surface area contributed by atoms with Gasteiger partial charge < -0.3 is 5.32 Å². The van der Waals surface area contributed by atoms with Crippen molar-refractivity contribution in [3.8, 4) is 0 Å². The summed E-state index contributed by atoms with van der Waals surface area (Å²) >= 11 is 5.75. The van der Waals surface area contributed by atoms with E-state index >= 15 is 0 Å². The number of thiocarbonyl (C=S) groups is 1. The molecule has 4 heteroatoms. The summed E-state index contributed by atoms with van der Waals surface area (Å²) in [5.74, 6) is 0. The van der Waals surface area contributed by atoms with Crippen LogP contribution in [-0.4, -0.2) is 16.6 Å². The lowest BCUT2D eigenvalue weighted by atomic mass is 9.90. The minimum atomic E-state index is 0.772. The molecule has 1 aliphatic carbocycles. The predicted octanol–water partition coefficient (Wildman–Crippen LogP) is 4.77. The Kier molecular flexibility index (Phi) is 5.81. The van der Waals surface area contributed by atoms with Gasteiger partial charge in [0.05, 0.1) is 11.4 Å². The summed E-state index contributed by atoms with van der Waals surface area (Å²) in [6.07, 6.45) is 10.8. The van der Waals surface area contributed by atoms with Crippen molar-refractivity contribution < 1.29 is 0 Å². The fourth-order valence-corrected chi connectivity index (χ4v) is 3.59. The van der Waals surface area contributed by atoms with Crippen LogP contribution in [0.25, 0.3) is 0 Å². The summed E-state index contributed by atoms with van der Waals surface area (Å²) in [7, 11) is 0. The molecule has 0 radical (unpaired) electrons. The molecule has 0 atom stereocenters. The zero-order valence-corrected chi connectivity index (χ0v) is 15.1. The first-order valence-corrected chi connectivity index (χ1v) is 9.31. The van der Waals surface area contributed by atoms with Crippen molar-refractivity contribution in [2.75, 3.05) is 11.4 Å². The first-order valence-electron chi connectivity index (χ1n) is 8.90. The molecule has 1 aromatic heterocycles. The van der Waals surface area contributed by atoms with E-state index in [-0.39, 0.29) is 0 Å². The van der Waals surface area contributed by atoms with Crippen LogP contribution in [0.3, 0.4) is 0 Å². The first-order chi connectivity index (χ1) is 11.8. The molecule has 0 spiro atoms. The number of fused-ring (bicyclic) bond motifs is 1. The van der Waals surface area contributed by atoms with Crippen molar-refractivity contribution in [2.24, 2.45) is 0 Å². The summed E-state index contributed by atoms with van der Waals surface area (Å²) in [4.78, 5) is 6.33. The average Bonchev–Trinajstić information content (AvgIpc) is 2.63. The zero-order valence-electron chi connectivity index (χ0n) is 14.3. The highest BCUT2D eigenvalue weighted by Crippen LogP contribution is 2.34. The molecule has 0 saturated carbocycles. The molecule has 0 fully saturated rings. The van der Waals surface area contributed by atoms with E-state index in [2.05, 4.69) is 40.3 Å². The highest BCUT2D eigenvalue weighted by atomic mass is 32.1. The molecule has 0 amide bonds. The molecule has 3 rings (SSSR count). The van der Waals surface area contributed by atoms with Crippen LogP contribution < -0.4 is 10.2 Å². The van der Waals surface area contributed by atoms with E-state index in [4.69, 9.17) is 12.2 Å². The average molecular weight is 340 g/mol. The highest BCUT2D eigenvalue weighted by molar-refractivity contribution is 7.80. The molecule has 3 nitrogen and oxygen atoms in total. The monoisotopic (exact) mass is 339 g/mol. The molecular weight excluding hydrogens is 314 g/mol. The maximum Gasteiger partial charge on any atom is 0.178 e. The van der Waals surface area contributed by atoms with Gasteiger partial charge in [0, 0.05) is 18.9 Å². The minimum Gasteiger partial charge on any atom is -0.362 e. The Bertz CT molecular complexity index is 685. The summed E-state index contributed by atoms with van der Waals surface area (Å²) in [5.41, 5.74) is 5.19. The van der Waals surface area contributed by atoms with Gasteiger partial charge in [0.2, 0.25) is 0 Å². The second-order valence-electron chi connectivity index (χ2n) is 6.25. The van der Waals surface area contributed by atoms with Gasteiger partial charge in [-0.05, 0) is 73.6 Å². The smallest absolute Gasteiger partial charge is 0.178 e. The highest BCUT2D eigenvalue weighted by Gasteiger charge is 2.21. The Morgan fingerprint density at radius 1 is 1.17 bits per heavy atom. The van der Waals surface area contributed by atoms with Crippen molar-refractivity contribution >= 4 is 28.7 Å². The van der Waals surface area contributed by atoms with Gasteiger partial charge in [-0.2, -0.15) is 0 Å². The molecule has 126 valence electrons. The Morgan fingerprint density at radius 2 is 1.96 bits per heavy atom. The standard InChI is InChI=1S/C20H25N3S/c1-2-3-13-22-20(24)23(17-11-14-21-15-12-17)19-10-6-8-16-7-4-5-9-18(16)19/h6,8,10-12,14-15H,2-5,7,9,13H2,1H3,(H,22,24). The largest absolute Gasteiger partial charge is 0.362 e. The van der Waals surface area contributed by atoms with E-state index in [1.54, 1.807) is 0 Å². The number of hydrogen-bond donors (Lipinski definition) is 1. The molecule has 2 aromatic rings. The zero-order chi connectivity index (χ0) is 16.8. The van der Waals surface area contributed by atoms with Gasteiger partial charge >= 0.3 is 0 Å². The topological polar surface area (TPSA) is 28.2 Å². The maximum atomic E-state index is 5.75. The molecule has 0 bridgehead atoms. The number of aryl methyl sites for hydroxylation is 1. The predicted molar refractivity (Wildman–Crippen MR) is 105 cm³/mol. The van der Waals surface area contributed by atoms with E-state index in [1.807, 2.05) is 24.5 Å². The second-order valence-corrected chi connectivity index (χ2v) is 6.63.